The molecule has 0 bridgehead atoms. The number of hydrogen-bond acceptors (Lipinski definition) is 1. The molecule has 3 rings (SSSR count). The van der Waals surface area contributed by atoms with Crippen molar-refractivity contribution in [2.24, 2.45) is 0 Å². The van der Waals surface area contributed by atoms with Crippen molar-refractivity contribution in [3.05, 3.63) is 34.9 Å². The molecule has 2 heteroatoms. The Labute approximate surface area is 89.0 Å². The molecule has 1 aromatic carbocycles. The van der Waals surface area contributed by atoms with Crippen LogP contribution in [0.25, 0.3) is 0 Å². The molecule has 1 aliphatic heterocycles. The van der Waals surface area contributed by atoms with Gasteiger partial charge in [-0.15, -0.1) is 0 Å². The molecule has 0 N–H and O–H groups in total. The van der Waals surface area contributed by atoms with Crippen LogP contribution in [0.5, 0.6) is 0 Å². The summed E-state index contributed by atoms with van der Waals surface area (Å²) in [5.41, 5.74) is 1.20. The van der Waals surface area contributed by atoms with Crippen molar-refractivity contribution in [3.8, 4) is 0 Å². The predicted molar refractivity (Wildman–Crippen MR) is 56.5 cm³/mol. The second-order valence-corrected chi connectivity index (χ2v) is 4.63. The highest BCUT2D eigenvalue weighted by atomic mass is 35.5. The average Bonchev–Trinajstić information content (AvgIpc) is 2.93. The molecule has 0 radical (unpaired) electrons. The van der Waals surface area contributed by atoms with Gasteiger partial charge >= 0.3 is 0 Å². The normalized spacial score (nSPS) is 35.1. The fourth-order valence-corrected chi connectivity index (χ4v) is 2.92. The molecule has 2 aliphatic rings. The smallest absolute Gasteiger partial charge is 0.121 e. The van der Waals surface area contributed by atoms with E-state index in [1.54, 1.807) is 0 Å². The fraction of sp³-hybridized carbons (Fsp3) is 0.500. The molecule has 1 saturated carbocycles. The Morgan fingerprint density at radius 1 is 1.29 bits per heavy atom. The maximum Gasteiger partial charge on any atom is 0.121 e. The summed E-state index contributed by atoms with van der Waals surface area (Å²) in [5, 5.41) is 0.858. The number of hydrogen-bond donors (Lipinski definition) is 0. The van der Waals surface area contributed by atoms with Gasteiger partial charge in [-0.25, -0.2) is 0 Å². The van der Waals surface area contributed by atoms with Crippen LogP contribution >= 0.6 is 11.6 Å². The summed E-state index contributed by atoms with van der Waals surface area (Å²) in [6.07, 6.45) is 5.35. The van der Waals surface area contributed by atoms with E-state index in [9.17, 15) is 0 Å². The van der Waals surface area contributed by atoms with Gasteiger partial charge in [0, 0.05) is 10.6 Å². The Morgan fingerprint density at radius 3 is 2.93 bits per heavy atom. The minimum absolute atomic E-state index is 0.00338. The Hall–Kier alpha value is -0.530. The highest BCUT2D eigenvalue weighted by Crippen LogP contribution is 2.56. The molecule has 1 heterocycles. The molecule has 0 aromatic heterocycles. The second kappa shape index (κ2) is 2.98. The summed E-state index contributed by atoms with van der Waals surface area (Å²) in [6, 6.07) is 8.08. The quantitative estimate of drug-likeness (QED) is 0.644. The standard InChI is InChI=1S/C12H13ClO/c13-10-6-2-1-5-9(10)12-8-4-3-7-11(12)14-12/h1-2,5-6,11H,3-4,7-8H2/t11-,12-/m0/s1. The largest absolute Gasteiger partial charge is 0.361 e. The van der Waals surface area contributed by atoms with E-state index in [0.717, 1.165) is 11.4 Å². The van der Waals surface area contributed by atoms with Crippen LogP contribution in [0, 0.1) is 0 Å². The zero-order valence-corrected chi connectivity index (χ0v) is 8.76. The van der Waals surface area contributed by atoms with Crippen LogP contribution in [-0.2, 0) is 10.3 Å². The van der Waals surface area contributed by atoms with Gasteiger partial charge < -0.3 is 4.74 Å². The van der Waals surface area contributed by atoms with Crippen LogP contribution in [0.4, 0.5) is 0 Å². The Bertz CT molecular complexity index is 363. The van der Waals surface area contributed by atoms with E-state index < -0.39 is 0 Å². The number of rotatable bonds is 1. The third kappa shape index (κ3) is 1.12. The minimum Gasteiger partial charge on any atom is -0.361 e. The summed E-state index contributed by atoms with van der Waals surface area (Å²) in [7, 11) is 0. The van der Waals surface area contributed by atoms with E-state index in [-0.39, 0.29) is 5.60 Å². The van der Waals surface area contributed by atoms with Gasteiger partial charge in [-0.1, -0.05) is 42.6 Å². The maximum atomic E-state index is 6.19. The van der Waals surface area contributed by atoms with Crippen molar-refractivity contribution in [1.29, 1.82) is 0 Å². The lowest BCUT2D eigenvalue weighted by Gasteiger charge is -2.18. The van der Waals surface area contributed by atoms with Gasteiger partial charge in [0.25, 0.3) is 0 Å². The number of epoxide rings is 1. The highest BCUT2D eigenvalue weighted by molar-refractivity contribution is 6.31. The van der Waals surface area contributed by atoms with Crippen molar-refractivity contribution in [3.63, 3.8) is 0 Å². The topological polar surface area (TPSA) is 12.5 Å². The molecule has 74 valence electrons. The number of halogens is 1. The second-order valence-electron chi connectivity index (χ2n) is 4.22. The molecule has 2 fully saturated rings. The molecule has 14 heavy (non-hydrogen) atoms. The molecule has 0 spiro atoms. The predicted octanol–water partition coefficient (Wildman–Crippen LogP) is 3.51. The number of fused-ring (bicyclic) bond motifs is 1. The lowest BCUT2D eigenvalue weighted by molar-refractivity contribution is 0.289. The van der Waals surface area contributed by atoms with E-state index in [1.165, 1.54) is 24.8 Å². The summed E-state index contributed by atoms with van der Waals surface area (Å²) in [5.74, 6) is 0. The van der Waals surface area contributed by atoms with Crippen LogP contribution in [0.2, 0.25) is 5.02 Å². The van der Waals surface area contributed by atoms with Crippen molar-refractivity contribution in [1.82, 2.24) is 0 Å². The first-order valence-electron chi connectivity index (χ1n) is 5.26. The minimum atomic E-state index is -0.00338. The summed E-state index contributed by atoms with van der Waals surface area (Å²) in [6.45, 7) is 0. The first-order chi connectivity index (χ1) is 6.83. The lowest BCUT2D eigenvalue weighted by Crippen LogP contribution is -2.17. The van der Waals surface area contributed by atoms with Gasteiger partial charge in [-0.05, 0) is 18.9 Å². The SMILES string of the molecule is Clc1ccccc1[C@@]12CCCC[C@@H]1O2. The zero-order chi connectivity index (χ0) is 9.60. The van der Waals surface area contributed by atoms with Gasteiger partial charge in [-0.3, -0.25) is 0 Å². The highest BCUT2D eigenvalue weighted by Gasteiger charge is 2.58. The molecular weight excluding hydrogens is 196 g/mol. The van der Waals surface area contributed by atoms with Crippen molar-refractivity contribution in [2.75, 3.05) is 0 Å². The monoisotopic (exact) mass is 208 g/mol. The fourth-order valence-electron chi connectivity index (χ4n) is 2.63. The van der Waals surface area contributed by atoms with Crippen LogP contribution < -0.4 is 0 Å². The first-order valence-corrected chi connectivity index (χ1v) is 5.63. The Balaban J connectivity index is 2.00. The number of benzene rings is 1. The van der Waals surface area contributed by atoms with E-state index in [1.807, 2.05) is 18.2 Å². The molecule has 1 aliphatic carbocycles. The molecule has 1 aromatic rings. The van der Waals surface area contributed by atoms with Crippen LogP contribution in [0.1, 0.15) is 31.2 Å². The van der Waals surface area contributed by atoms with E-state index in [2.05, 4.69) is 6.07 Å². The van der Waals surface area contributed by atoms with Gasteiger partial charge in [0.05, 0.1) is 6.10 Å². The zero-order valence-electron chi connectivity index (χ0n) is 8.00. The lowest BCUT2D eigenvalue weighted by atomic mass is 9.84. The van der Waals surface area contributed by atoms with E-state index in [4.69, 9.17) is 16.3 Å². The van der Waals surface area contributed by atoms with Gasteiger partial charge in [0.2, 0.25) is 0 Å². The van der Waals surface area contributed by atoms with Crippen LogP contribution in [0.15, 0.2) is 24.3 Å². The van der Waals surface area contributed by atoms with Crippen molar-refractivity contribution >= 4 is 11.6 Å². The van der Waals surface area contributed by atoms with Gasteiger partial charge in [0.15, 0.2) is 0 Å². The number of ether oxygens (including phenoxy) is 1. The van der Waals surface area contributed by atoms with Crippen molar-refractivity contribution in [2.45, 2.75) is 37.4 Å². The summed E-state index contributed by atoms with van der Waals surface area (Å²) < 4.78 is 5.85. The average molecular weight is 209 g/mol. The van der Waals surface area contributed by atoms with Gasteiger partial charge in [0.1, 0.15) is 5.60 Å². The molecule has 0 unspecified atom stereocenters. The molecule has 1 nitrogen and oxygen atoms in total. The Morgan fingerprint density at radius 2 is 2.14 bits per heavy atom. The maximum absolute atomic E-state index is 6.19. The summed E-state index contributed by atoms with van der Waals surface area (Å²) >= 11 is 6.19. The molecule has 2 atom stereocenters. The van der Waals surface area contributed by atoms with E-state index in [0.29, 0.717) is 6.10 Å². The van der Waals surface area contributed by atoms with Gasteiger partial charge in [-0.2, -0.15) is 0 Å². The first kappa shape index (κ1) is 8.75. The molecule has 0 amide bonds. The van der Waals surface area contributed by atoms with Crippen LogP contribution in [-0.4, -0.2) is 6.10 Å². The third-order valence-corrected chi connectivity index (χ3v) is 3.74. The summed E-state index contributed by atoms with van der Waals surface area (Å²) in [4.78, 5) is 0. The third-order valence-electron chi connectivity index (χ3n) is 3.41. The molecule has 1 saturated heterocycles. The van der Waals surface area contributed by atoms with Crippen molar-refractivity contribution < 1.29 is 4.74 Å². The molecular formula is C12H13ClO. The van der Waals surface area contributed by atoms with E-state index >= 15 is 0 Å². The van der Waals surface area contributed by atoms with Crippen LogP contribution in [0.3, 0.4) is 0 Å². The Kier molecular flexibility index (Phi) is 1.86.